The molecule has 7 rings (SSSR count). The van der Waals surface area contributed by atoms with E-state index in [0.29, 0.717) is 86.2 Å². The van der Waals surface area contributed by atoms with Crippen LogP contribution in [-0.2, 0) is 9.53 Å². The Kier molecular flexibility index (Phi) is 11.0. The number of likely N-dealkylation sites (tertiary alicyclic amines) is 1. The Morgan fingerprint density at radius 3 is 2.39 bits per heavy atom. The number of aromatic nitrogens is 3. The van der Waals surface area contributed by atoms with E-state index in [0.717, 1.165) is 11.1 Å². The van der Waals surface area contributed by atoms with E-state index in [2.05, 4.69) is 30.5 Å². The van der Waals surface area contributed by atoms with Gasteiger partial charge in [0.05, 0.1) is 17.6 Å². The maximum absolute atomic E-state index is 13.5. The lowest BCUT2D eigenvalue weighted by Gasteiger charge is -2.35. The molecule has 5 aromatic rings. The van der Waals surface area contributed by atoms with Crippen molar-refractivity contribution < 1.29 is 33.1 Å². The third kappa shape index (κ3) is 8.68. The fourth-order valence-electron chi connectivity index (χ4n) is 6.93. The molecule has 0 unspecified atom stereocenters. The number of Topliss-reactive ketones (excluding diaryl/α,β-unsaturated/α-hetero) is 1. The number of para-hydroxylation sites is 2. The third-order valence-electron chi connectivity index (χ3n) is 9.83. The van der Waals surface area contributed by atoms with E-state index in [1.54, 1.807) is 53.6 Å². The van der Waals surface area contributed by atoms with Crippen LogP contribution in [0.1, 0.15) is 65.1 Å². The molecule has 2 saturated heterocycles. The molecular weight excluding hydrogens is 716 g/mol. The smallest absolute Gasteiger partial charge is 0.410 e. The SMILES string of the molecule is CC(C)(C)OC(=O)N1CCN(CCNC(=O)c2ccc(-c3ccc4nccc(C(=O)NCC(=O)N5CCC[C@H]5C(=O)c5nc6ccccc6o5)c4c3)cn2)CC1. The summed E-state index contributed by atoms with van der Waals surface area (Å²) in [6, 6.07) is 16.9. The van der Waals surface area contributed by atoms with Gasteiger partial charge in [-0.2, -0.15) is 0 Å². The molecule has 15 nitrogen and oxygen atoms in total. The van der Waals surface area contributed by atoms with Crippen LogP contribution in [0.5, 0.6) is 0 Å². The average Bonchev–Trinajstić information content (AvgIpc) is 3.87. The van der Waals surface area contributed by atoms with Crippen molar-refractivity contribution in [2.45, 2.75) is 45.3 Å². The van der Waals surface area contributed by atoms with Crippen LogP contribution in [0.3, 0.4) is 0 Å². The predicted molar refractivity (Wildman–Crippen MR) is 207 cm³/mol. The van der Waals surface area contributed by atoms with Gasteiger partial charge in [-0.3, -0.25) is 34.0 Å². The van der Waals surface area contributed by atoms with Gasteiger partial charge in [-0.05, 0) is 75.6 Å². The molecule has 2 fully saturated rings. The molecule has 3 aromatic heterocycles. The van der Waals surface area contributed by atoms with Crippen molar-refractivity contribution in [3.63, 3.8) is 0 Å². The van der Waals surface area contributed by atoms with Gasteiger partial charge in [0.15, 0.2) is 5.58 Å². The zero-order valence-corrected chi connectivity index (χ0v) is 31.6. The number of carbonyl (C=O) groups is 5. The molecule has 0 radical (unpaired) electrons. The minimum absolute atomic E-state index is 0.0350. The molecule has 0 aliphatic carbocycles. The van der Waals surface area contributed by atoms with E-state index in [9.17, 15) is 24.0 Å². The molecule has 290 valence electrons. The molecule has 0 spiro atoms. The van der Waals surface area contributed by atoms with Crippen molar-refractivity contribution in [2.75, 3.05) is 52.4 Å². The maximum atomic E-state index is 13.5. The van der Waals surface area contributed by atoms with Gasteiger partial charge < -0.3 is 29.6 Å². The predicted octanol–water partition coefficient (Wildman–Crippen LogP) is 4.32. The number of nitrogens with one attached hydrogen (secondary N) is 2. The molecule has 15 heteroatoms. The number of carbonyl (C=O) groups excluding carboxylic acids is 5. The number of nitrogens with zero attached hydrogens (tertiary/aromatic N) is 6. The molecule has 1 atom stereocenters. The summed E-state index contributed by atoms with van der Waals surface area (Å²) < 4.78 is 11.1. The summed E-state index contributed by atoms with van der Waals surface area (Å²) in [5, 5.41) is 6.23. The standard InChI is InChI=1S/C41H44N8O7/c1-41(2,3)56-40(54)48-21-19-47(20-22-48)18-16-43-38(53)32-13-11-27(24-44-32)26-10-12-30-29(23-26)28(14-15-42-30)37(52)45-25-35(50)49-17-6-8-33(49)36(51)39-46-31-7-4-5-9-34(31)55-39/h4-5,7,9-15,23-24,33H,6,8,16-22,25H2,1-3H3,(H,43,53)(H,45,52)/t33-/m0/s1. The number of piperazine rings is 1. The number of amides is 4. The minimum Gasteiger partial charge on any atom is -0.444 e. The third-order valence-corrected chi connectivity index (χ3v) is 9.83. The van der Waals surface area contributed by atoms with Crippen molar-refractivity contribution in [3.8, 4) is 11.1 Å². The number of benzene rings is 2. The van der Waals surface area contributed by atoms with Crippen LogP contribution in [0.4, 0.5) is 4.79 Å². The first kappa shape index (κ1) is 38.1. The normalized spacial score (nSPS) is 16.2. The fraction of sp³-hybridized carbons (Fsp3) is 0.366. The highest BCUT2D eigenvalue weighted by Gasteiger charge is 2.37. The Morgan fingerprint density at radius 1 is 0.857 bits per heavy atom. The van der Waals surface area contributed by atoms with Crippen molar-refractivity contribution >= 4 is 51.6 Å². The highest BCUT2D eigenvalue weighted by atomic mass is 16.6. The Bertz CT molecular complexity index is 2240. The minimum atomic E-state index is -0.720. The Hall–Kier alpha value is -6.22. The van der Waals surface area contributed by atoms with Gasteiger partial charge >= 0.3 is 6.09 Å². The molecule has 2 N–H and O–H groups in total. The summed E-state index contributed by atoms with van der Waals surface area (Å²) in [4.78, 5) is 83.8. The van der Waals surface area contributed by atoms with Crippen molar-refractivity contribution in [3.05, 3.63) is 90.2 Å². The highest BCUT2D eigenvalue weighted by Crippen LogP contribution is 2.27. The van der Waals surface area contributed by atoms with Crippen molar-refractivity contribution in [1.29, 1.82) is 0 Å². The van der Waals surface area contributed by atoms with E-state index >= 15 is 0 Å². The van der Waals surface area contributed by atoms with Crippen LogP contribution < -0.4 is 10.6 Å². The Balaban J connectivity index is 0.927. The zero-order valence-electron chi connectivity index (χ0n) is 31.6. The quantitative estimate of drug-likeness (QED) is 0.194. The van der Waals surface area contributed by atoms with Gasteiger partial charge in [-0.1, -0.05) is 24.3 Å². The van der Waals surface area contributed by atoms with Crippen LogP contribution in [0.2, 0.25) is 0 Å². The summed E-state index contributed by atoms with van der Waals surface area (Å²) in [6.07, 6.45) is 3.96. The number of ketones is 1. The Morgan fingerprint density at radius 2 is 1.64 bits per heavy atom. The van der Waals surface area contributed by atoms with Gasteiger partial charge in [0.25, 0.3) is 17.7 Å². The van der Waals surface area contributed by atoms with Gasteiger partial charge in [-0.15, -0.1) is 0 Å². The van der Waals surface area contributed by atoms with Gasteiger partial charge in [0.2, 0.25) is 11.7 Å². The van der Waals surface area contributed by atoms with E-state index in [-0.39, 0.29) is 41.8 Å². The van der Waals surface area contributed by atoms with Crippen LogP contribution in [0.15, 0.2) is 77.5 Å². The number of hydrogen-bond donors (Lipinski definition) is 2. The zero-order chi connectivity index (χ0) is 39.4. The fourth-order valence-corrected chi connectivity index (χ4v) is 6.93. The molecule has 56 heavy (non-hydrogen) atoms. The van der Waals surface area contributed by atoms with Crippen molar-refractivity contribution in [2.24, 2.45) is 0 Å². The van der Waals surface area contributed by atoms with Gasteiger partial charge in [-0.25, -0.2) is 9.78 Å². The molecule has 2 aliphatic rings. The van der Waals surface area contributed by atoms with Gasteiger partial charge in [0.1, 0.15) is 22.9 Å². The van der Waals surface area contributed by atoms with E-state index < -0.39 is 17.6 Å². The molecule has 2 aliphatic heterocycles. The molecule has 0 bridgehead atoms. The number of oxazole rings is 1. The van der Waals surface area contributed by atoms with Gasteiger partial charge in [0, 0.05) is 69.2 Å². The molecule has 2 aromatic carbocycles. The summed E-state index contributed by atoms with van der Waals surface area (Å²) in [5.41, 5.74) is 3.22. The average molecular weight is 761 g/mol. The largest absolute Gasteiger partial charge is 0.444 e. The first-order valence-corrected chi connectivity index (χ1v) is 18.7. The summed E-state index contributed by atoms with van der Waals surface area (Å²) in [6.45, 7) is 9.21. The highest BCUT2D eigenvalue weighted by molar-refractivity contribution is 6.08. The lowest BCUT2D eigenvalue weighted by molar-refractivity contribution is -0.130. The Labute approximate surface area is 323 Å². The maximum Gasteiger partial charge on any atom is 0.410 e. The first-order chi connectivity index (χ1) is 26.9. The van der Waals surface area contributed by atoms with E-state index in [1.807, 2.05) is 39.0 Å². The monoisotopic (exact) mass is 760 g/mol. The van der Waals surface area contributed by atoms with Crippen molar-refractivity contribution in [1.82, 2.24) is 40.3 Å². The number of rotatable bonds is 10. The first-order valence-electron chi connectivity index (χ1n) is 18.7. The van der Waals surface area contributed by atoms with Crippen LogP contribution in [0, 0.1) is 0 Å². The number of ether oxygens (including phenoxy) is 1. The van der Waals surface area contributed by atoms with Crippen LogP contribution in [-0.4, -0.2) is 123 Å². The van der Waals surface area contributed by atoms with E-state index in [4.69, 9.17) is 9.15 Å². The van der Waals surface area contributed by atoms with E-state index in [1.165, 1.54) is 11.1 Å². The number of fused-ring (bicyclic) bond motifs is 2. The lowest BCUT2D eigenvalue weighted by Crippen LogP contribution is -2.51. The second kappa shape index (κ2) is 16.3. The number of hydrogen-bond acceptors (Lipinski definition) is 11. The molecule has 4 amide bonds. The summed E-state index contributed by atoms with van der Waals surface area (Å²) in [5.74, 6) is -1.53. The second-order valence-electron chi connectivity index (χ2n) is 14.9. The van der Waals surface area contributed by atoms with Crippen LogP contribution in [0.25, 0.3) is 33.1 Å². The van der Waals surface area contributed by atoms with Crippen LogP contribution >= 0.6 is 0 Å². The number of pyridine rings is 2. The molecule has 0 saturated carbocycles. The second-order valence-corrected chi connectivity index (χ2v) is 14.9. The summed E-state index contributed by atoms with van der Waals surface area (Å²) in [7, 11) is 0. The lowest BCUT2D eigenvalue weighted by atomic mass is 10.0. The summed E-state index contributed by atoms with van der Waals surface area (Å²) >= 11 is 0. The topological polar surface area (TPSA) is 180 Å². The molecule has 5 heterocycles. The molecular formula is C41H44N8O7.